The number of nitrogens with two attached hydrogens (primary N) is 1. The Morgan fingerprint density at radius 3 is 2.67 bits per heavy atom. The van der Waals surface area contributed by atoms with Crippen molar-refractivity contribution in [3.05, 3.63) is 34.1 Å². The van der Waals surface area contributed by atoms with Gasteiger partial charge in [0.1, 0.15) is 5.82 Å². The first-order valence-electron chi connectivity index (χ1n) is 4.57. The number of benzene rings is 1. The maximum absolute atomic E-state index is 13.5. The van der Waals surface area contributed by atoms with Crippen molar-refractivity contribution in [3.8, 4) is 0 Å². The molecule has 0 heterocycles. The Balaban J connectivity index is 2.97. The zero-order valence-corrected chi connectivity index (χ0v) is 10.3. The normalized spacial score (nSPS) is 11.5. The molecule has 15 heavy (non-hydrogen) atoms. The summed E-state index contributed by atoms with van der Waals surface area (Å²) < 4.78 is 13.8. The van der Waals surface area contributed by atoms with E-state index in [0.717, 1.165) is 0 Å². The molecule has 1 rings (SSSR count). The van der Waals surface area contributed by atoms with Crippen LogP contribution in [0.25, 0.3) is 0 Å². The highest BCUT2D eigenvalue weighted by Gasteiger charge is 2.20. The first-order valence-corrected chi connectivity index (χ1v) is 5.36. The number of rotatable bonds is 3. The predicted octanol–water partition coefficient (Wildman–Crippen LogP) is 2.90. The average molecular weight is 274 g/mol. The van der Waals surface area contributed by atoms with E-state index in [9.17, 15) is 9.18 Å². The molecule has 0 fully saturated rings. The van der Waals surface area contributed by atoms with Crippen LogP contribution in [0.5, 0.6) is 0 Å². The van der Waals surface area contributed by atoms with Crippen LogP contribution in [0.4, 0.5) is 4.39 Å². The molecule has 0 aromatic heterocycles. The van der Waals surface area contributed by atoms with E-state index in [4.69, 9.17) is 5.73 Å². The Morgan fingerprint density at radius 2 is 2.13 bits per heavy atom. The van der Waals surface area contributed by atoms with Gasteiger partial charge < -0.3 is 5.73 Å². The van der Waals surface area contributed by atoms with Gasteiger partial charge in [0.15, 0.2) is 5.78 Å². The predicted molar refractivity (Wildman–Crippen MR) is 61.3 cm³/mol. The number of carbonyl (C=O) groups is 1. The molecule has 0 aliphatic rings. The van der Waals surface area contributed by atoms with Crippen molar-refractivity contribution in [2.45, 2.75) is 25.8 Å². The molecular weight excluding hydrogens is 261 g/mol. The number of Topliss-reactive ketones (excluding diaryl/α,β-unsaturated/α-hetero) is 1. The molecule has 0 unspecified atom stereocenters. The number of halogens is 2. The van der Waals surface area contributed by atoms with Crippen molar-refractivity contribution in [1.29, 1.82) is 0 Å². The maximum Gasteiger partial charge on any atom is 0.167 e. The monoisotopic (exact) mass is 273 g/mol. The van der Waals surface area contributed by atoms with Crippen molar-refractivity contribution < 1.29 is 9.18 Å². The fraction of sp³-hybridized carbons (Fsp3) is 0.364. The molecule has 0 aliphatic carbocycles. The summed E-state index contributed by atoms with van der Waals surface area (Å²) >= 11 is 3.04. The average Bonchev–Trinajstić information content (AvgIpc) is 2.06. The quantitative estimate of drug-likeness (QED) is 0.861. The lowest BCUT2D eigenvalue weighted by molar-refractivity contribution is 0.0956. The summed E-state index contributed by atoms with van der Waals surface area (Å²) in [4.78, 5) is 11.7. The number of hydrogen-bond acceptors (Lipinski definition) is 2. The standard InChI is InChI=1S/C11H13BrFNO/c1-11(2,14)6-9(15)7-4-3-5-8(12)10(7)13/h3-5H,6,14H2,1-2H3. The number of ketones is 1. The molecule has 0 saturated heterocycles. The third kappa shape index (κ3) is 3.39. The van der Waals surface area contributed by atoms with Crippen LogP contribution in [0, 0.1) is 5.82 Å². The molecule has 0 saturated carbocycles. The van der Waals surface area contributed by atoms with Crippen LogP contribution in [0.2, 0.25) is 0 Å². The van der Waals surface area contributed by atoms with E-state index >= 15 is 0 Å². The zero-order valence-electron chi connectivity index (χ0n) is 8.68. The van der Waals surface area contributed by atoms with Gasteiger partial charge in [-0.3, -0.25) is 4.79 Å². The Labute approximate surface area is 96.8 Å². The molecule has 0 amide bonds. The minimum Gasteiger partial charge on any atom is -0.325 e. The van der Waals surface area contributed by atoms with Gasteiger partial charge in [-0.25, -0.2) is 4.39 Å². The highest BCUT2D eigenvalue weighted by atomic mass is 79.9. The van der Waals surface area contributed by atoms with Crippen molar-refractivity contribution in [3.63, 3.8) is 0 Å². The van der Waals surface area contributed by atoms with Crippen molar-refractivity contribution in [1.82, 2.24) is 0 Å². The molecule has 82 valence electrons. The number of carbonyl (C=O) groups excluding carboxylic acids is 1. The van der Waals surface area contributed by atoms with Crippen LogP contribution in [-0.2, 0) is 0 Å². The lowest BCUT2D eigenvalue weighted by Crippen LogP contribution is -2.34. The van der Waals surface area contributed by atoms with Gasteiger partial charge in [0, 0.05) is 12.0 Å². The molecule has 2 nitrogen and oxygen atoms in total. The van der Waals surface area contributed by atoms with Crippen molar-refractivity contribution in [2.75, 3.05) is 0 Å². The van der Waals surface area contributed by atoms with Crippen LogP contribution in [0.1, 0.15) is 30.6 Å². The zero-order chi connectivity index (χ0) is 11.6. The van der Waals surface area contributed by atoms with E-state index in [-0.39, 0.29) is 17.8 Å². The fourth-order valence-electron chi connectivity index (χ4n) is 1.23. The van der Waals surface area contributed by atoms with Gasteiger partial charge in [-0.2, -0.15) is 0 Å². The molecule has 0 spiro atoms. The second kappa shape index (κ2) is 4.41. The number of hydrogen-bond donors (Lipinski definition) is 1. The van der Waals surface area contributed by atoms with Crippen molar-refractivity contribution in [2.24, 2.45) is 5.73 Å². The van der Waals surface area contributed by atoms with E-state index in [1.54, 1.807) is 26.0 Å². The lowest BCUT2D eigenvalue weighted by atomic mass is 9.95. The first kappa shape index (κ1) is 12.3. The highest BCUT2D eigenvalue weighted by Crippen LogP contribution is 2.21. The minimum atomic E-state index is -0.619. The first-order chi connectivity index (χ1) is 6.81. The molecule has 2 N–H and O–H groups in total. The summed E-state index contributed by atoms with van der Waals surface area (Å²) in [5, 5.41) is 0. The van der Waals surface area contributed by atoms with E-state index < -0.39 is 11.4 Å². The van der Waals surface area contributed by atoms with Crippen LogP contribution < -0.4 is 5.73 Å². The fourth-order valence-corrected chi connectivity index (χ4v) is 1.59. The molecule has 4 heteroatoms. The molecular formula is C11H13BrFNO. The summed E-state index contributed by atoms with van der Waals surface area (Å²) in [6.07, 6.45) is 0.125. The molecule has 0 radical (unpaired) electrons. The topological polar surface area (TPSA) is 43.1 Å². The highest BCUT2D eigenvalue weighted by molar-refractivity contribution is 9.10. The van der Waals surface area contributed by atoms with Gasteiger partial charge in [-0.1, -0.05) is 6.07 Å². The van der Waals surface area contributed by atoms with Gasteiger partial charge in [0.2, 0.25) is 0 Å². The summed E-state index contributed by atoms with van der Waals surface area (Å²) in [5.74, 6) is -0.798. The second-order valence-corrected chi connectivity index (χ2v) is 5.04. The van der Waals surface area contributed by atoms with Gasteiger partial charge >= 0.3 is 0 Å². The molecule has 0 atom stereocenters. The van der Waals surface area contributed by atoms with E-state index in [1.165, 1.54) is 6.07 Å². The van der Waals surface area contributed by atoms with Crippen LogP contribution in [-0.4, -0.2) is 11.3 Å². The maximum atomic E-state index is 13.5. The largest absolute Gasteiger partial charge is 0.325 e. The lowest BCUT2D eigenvalue weighted by Gasteiger charge is -2.17. The van der Waals surface area contributed by atoms with Gasteiger partial charge in [-0.15, -0.1) is 0 Å². The van der Waals surface area contributed by atoms with Crippen LogP contribution in [0.3, 0.4) is 0 Å². The summed E-state index contributed by atoms with van der Waals surface area (Å²) in [6.45, 7) is 3.47. The Morgan fingerprint density at radius 1 is 1.53 bits per heavy atom. The van der Waals surface area contributed by atoms with Gasteiger partial charge in [0.05, 0.1) is 10.0 Å². The molecule has 0 bridgehead atoms. The molecule has 1 aromatic rings. The van der Waals surface area contributed by atoms with Crippen molar-refractivity contribution >= 4 is 21.7 Å². The van der Waals surface area contributed by atoms with E-state index in [2.05, 4.69) is 15.9 Å². The van der Waals surface area contributed by atoms with Crippen LogP contribution >= 0.6 is 15.9 Å². The third-order valence-electron chi connectivity index (χ3n) is 1.87. The third-order valence-corrected chi connectivity index (χ3v) is 2.48. The smallest absolute Gasteiger partial charge is 0.167 e. The van der Waals surface area contributed by atoms with Gasteiger partial charge in [0.25, 0.3) is 0 Å². The summed E-state index contributed by atoms with van der Waals surface area (Å²) in [6, 6.07) is 4.65. The Bertz CT molecular complexity index is 385. The van der Waals surface area contributed by atoms with Crippen LogP contribution in [0.15, 0.2) is 22.7 Å². The Kier molecular flexibility index (Phi) is 3.62. The minimum absolute atomic E-state index is 0.0860. The summed E-state index contributed by atoms with van der Waals surface area (Å²) in [5.41, 5.74) is 5.17. The van der Waals surface area contributed by atoms with Gasteiger partial charge in [-0.05, 0) is 41.9 Å². The van der Waals surface area contributed by atoms with E-state index in [0.29, 0.717) is 4.47 Å². The molecule has 1 aromatic carbocycles. The summed E-state index contributed by atoms with van der Waals surface area (Å²) in [7, 11) is 0. The Hall–Kier alpha value is -0.740. The van der Waals surface area contributed by atoms with E-state index in [1.807, 2.05) is 0 Å². The molecule has 0 aliphatic heterocycles. The SMILES string of the molecule is CC(C)(N)CC(=O)c1cccc(Br)c1F. The second-order valence-electron chi connectivity index (χ2n) is 4.19.